The highest BCUT2D eigenvalue weighted by molar-refractivity contribution is 6.67. The van der Waals surface area contributed by atoms with E-state index < -0.39 is 41.9 Å². The lowest BCUT2D eigenvalue weighted by Gasteiger charge is -2.40. The van der Waals surface area contributed by atoms with Gasteiger partial charge in [0.05, 0.1) is 28.4 Å². The number of halogens is 1. The number of aryl methyl sites for hydroxylation is 4. The fourth-order valence-corrected chi connectivity index (χ4v) is 9.85. The van der Waals surface area contributed by atoms with Crippen molar-refractivity contribution in [3.8, 4) is 0 Å². The fraction of sp³-hybridized carbons (Fsp3) is 0.556. The topological polar surface area (TPSA) is 132 Å². The zero-order valence-electron chi connectivity index (χ0n) is 50.9. The summed E-state index contributed by atoms with van der Waals surface area (Å²) >= 11 is 5.31. The molecule has 77 heavy (non-hydrogen) atoms. The van der Waals surface area contributed by atoms with Gasteiger partial charge in [-0.05, 0) is 197 Å². The summed E-state index contributed by atoms with van der Waals surface area (Å²) in [6, 6.07) is 22.5. The molecule has 2 heterocycles. The van der Waals surface area contributed by atoms with Crippen molar-refractivity contribution in [2.45, 2.75) is 206 Å². The van der Waals surface area contributed by atoms with Crippen LogP contribution in [0.4, 0.5) is 0 Å². The number of carbonyl (C=O) groups excluding carboxylic acids is 4. The summed E-state index contributed by atoms with van der Waals surface area (Å²) in [6.07, 6.45) is 3.86. The normalized spacial score (nSPS) is 17.0. The van der Waals surface area contributed by atoms with Gasteiger partial charge in [-0.3, -0.25) is 24.6 Å². The molecule has 11 nitrogen and oxygen atoms in total. The minimum atomic E-state index is -0.580. The molecule has 2 saturated heterocycles. The summed E-state index contributed by atoms with van der Waals surface area (Å²) in [5, 5.41) is 4.33. The van der Waals surface area contributed by atoms with E-state index in [2.05, 4.69) is 66.1 Å². The molecule has 4 aromatic rings. The highest BCUT2D eigenvalue weighted by atomic mass is 35.5. The summed E-state index contributed by atoms with van der Waals surface area (Å²) in [5.41, 5.74) is 11.0. The average Bonchev–Trinajstić information content (AvgIpc) is 3.66. The Balaban J connectivity index is 0.000000285. The van der Waals surface area contributed by atoms with E-state index >= 15 is 0 Å². The third kappa shape index (κ3) is 16.4. The average molecular weight is 1080 g/mol. The molecule has 6 rings (SSSR count). The van der Waals surface area contributed by atoms with Crippen LogP contribution in [0.2, 0.25) is 0 Å². The van der Waals surface area contributed by atoms with Gasteiger partial charge in [-0.15, -0.1) is 0 Å². The van der Waals surface area contributed by atoms with Crippen LogP contribution in [0, 0.1) is 58.3 Å². The molecule has 0 aliphatic carbocycles. The Labute approximate surface area is 469 Å². The molecule has 2 aliphatic rings. The molecule has 0 saturated carbocycles. The lowest BCUT2D eigenvalue weighted by Crippen LogP contribution is -2.56. The molecule has 3 amide bonds. The summed E-state index contributed by atoms with van der Waals surface area (Å²) in [4.78, 5) is 51.4. The van der Waals surface area contributed by atoms with E-state index in [9.17, 15) is 19.2 Å². The predicted molar refractivity (Wildman–Crippen MR) is 318 cm³/mol. The maximum atomic E-state index is 14.0. The van der Waals surface area contributed by atoms with Crippen molar-refractivity contribution < 1.29 is 37.8 Å². The van der Waals surface area contributed by atoms with Gasteiger partial charge in [0, 0.05) is 28.8 Å². The maximum Gasteiger partial charge on any atom is 0.495 e. The number of amides is 3. The minimum absolute atomic E-state index is 0.0266. The van der Waals surface area contributed by atoms with Gasteiger partial charge in [-0.2, -0.15) is 0 Å². The Morgan fingerprint density at radius 3 is 1.29 bits per heavy atom. The van der Waals surface area contributed by atoms with Crippen molar-refractivity contribution in [3.63, 3.8) is 0 Å². The highest BCUT2D eigenvalue weighted by Crippen LogP contribution is 2.38. The van der Waals surface area contributed by atoms with Crippen LogP contribution in [-0.4, -0.2) is 77.2 Å². The Kier molecular flexibility index (Phi) is 21.5. The number of hydrazine groups is 1. The van der Waals surface area contributed by atoms with Gasteiger partial charge < -0.3 is 23.9 Å². The Bertz CT molecular complexity index is 2670. The Morgan fingerprint density at radius 2 is 0.935 bits per heavy atom. The summed E-state index contributed by atoms with van der Waals surface area (Å²) in [7, 11) is -1.04. The number of hydrogen-bond acceptors (Lipinski definition) is 8. The first-order valence-corrected chi connectivity index (χ1v) is 27.9. The Morgan fingerprint density at radius 1 is 0.558 bits per heavy atom. The van der Waals surface area contributed by atoms with Crippen molar-refractivity contribution in [2.24, 2.45) is 16.7 Å². The quantitative estimate of drug-likeness (QED) is 0.0768. The van der Waals surface area contributed by atoms with Crippen molar-refractivity contribution >= 4 is 59.7 Å². The second-order valence-corrected chi connectivity index (χ2v) is 25.9. The van der Waals surface area contributed by atoms with Crippen LogP contribution >= 0.6 is 11.6 Å². The fourth-order valence-electron chi connectivity index (χ4n) is 9.74. The molecule has 2 fully saturated rings. The van der Waals surface area contributed by atoms with Gasteiger partial charge in [0.15, 0.2) is 0 Å². The molecular formula is C63H92B2ClN3O8. The summed E-state index contributed by atoms with van der Waals surface area (Å²) < 4.78 is 24.9. The van der Waals surface area contributed by atoms with Crippen molar-refractivity contribution in [3.05, 3.63) is 128 Å². The number of nitrogens with zero attached hydrogens (tertiary/aromatic N) is 1. The second-order valence-electron chi connectivity index (χ2n) is 25.6. The van der Waals surface area contributed by atoms with E-state index in [1.54, 1.807) is 23.2 Å². The second kappa shape index (κ2) is 25.6. The van der Waals surface area contributed by atoms with Crippen LogP contribution in [0.3, 0.4) is 0 Å². The molecule has 4 aromatic carbocycles. The van der Waals surface area contributed by atoms with E-state index in [0.717, 1.165) is 70.0 Å². The number of carbonyl (C=O) groups is 4. The van der Waals surface area contributed by atoms with Crippen molar-refractivity contribution in [1.82, 2.24) is 15.8 Å². The predicted octanol–water partition coefficient (Wildman–Crippen LogP) is 13.1. The standard InChI is InChI=1S/C31H45BN2O4.C23H38BNO3.C9H9ClO/c1-12-14-26(29(5,6)7)34(28(36)23-18-20(2)17-21(3)19-23)33-27(35)24-15-13-16-25(22(24)4)32-37-30(8,9)31(10,11)38-32;1-10-12-17(21(3,4)5)15-25-20(26)18-13-11-14-19(16(18)2)24-27-22(6,7)23(8,9)28-24;1-6-3-7(2)5-8(4-6)9(10)11/h13,15-19,26H,12,14H2,1-11H3,(H,33,35);11,13-14,17H,10,12,15H2,1-9H3,(H,25,26);3-5H,1-2H3. The molecule has 2 atom stereocenters. The van der Waals surface area contributed by atoms with Gasteiger partial charge >= 0.3 is 14.2 Å². The van der Waals surface area contributed by atoms with Crippen LogP contribution in [-0.2, 0) is 18.6 Å². The van der Waals surface area contributed by atoms with E-state index in [1.807, 2.05) is 152 Å². The van der Waals surface area contributed by atoms with Gasteiger partial charge in [0.25, 0.3) is 23.0 Å². The molecule has 0 aromatic heterocycles. The molecule has 0 radical (unpaired) electrons. The van der Waals surface area contributed by atoms with Gasteiger partial charge in [-0.25, -0.2) is 5.01 Å². The first kappa shape index (κ1) is 64.7. The number of hydrogen-bond donors (Lipinski definition) is 2. The van der Waals surface area contributed by atoms with Crippen LogP contribution in [0.1, 0.15) is 211 Å². The zero-order chi connectivity index (χ0) is 58.4. The number of benzene rings is 4. The minimum Gasteiger partial charge on any atom is -0.399 e. The molecule has 2 aliphatic heterocycles. The first-order valence-electron chi connectivity index (χ1n) is 27.6. The van der Waals surface area contributed by atoms with Crippen LogP contribution in [0.5, 0.6) is 0 Å². The zero-order valence-corrected chi connectivity index (χ0v) is 51.6. The highest BCUT2D eigenvalue weighted by Gasteiger charge is 2.53. The smallest absolute Gasteiger partial charge is 0.399 e. The maximum absolute atomic E-state index is 14.0. The number of nitrogens with one attached hydrogen (secondary N) is 2. The third-order valence-electron chi connectivity index (χ3n) is 15.9. The van der Waals surface area contributed by atoms with E-state index in [4.69, 9.17) is 30.2 Å². The van der Waals surface area contributed by atoms with Crippen LogP contribution in [0.25, 0.3) is 0 Å². The van der Waals surface area contributed by atoms with Crippen molar-refractivity contribution in [2.75, 3.05) is 6.54 Å². The molecule has 0 spiro atoms. The van der Waals surface area contributed by atoms with E-state index in [-0.39, 0.29) is 34.6 Å². The molecule has 0 bridgehead atoms. The summed E-state index contributed by atoms with van der Waals surface area (Å²) in [5.74, 6) is -0.114. The largest absolute Gasteiger partial charge is 0.495 e. The van der Waals surface area contributed by atoms with Gasteiger partial charge in [0.1, 0.15) is 0 Å². The monoisotopic (exact) mass is 1080 g/mol. The van der Waals surface area contributed by atoms with Crippen LogP contribution in [0.15, 0.2) is 72.8 Å². The number of rotatable bonds is 13. The lowest BCUT2D eigenvalue weighted by atomic mass is 9.75. The van der Waals surface area contributed by atoms with Gasteiger partial charge in [0.2, 0.25) is 0 Å². The van der Waals surface area contributed by atoms with E-state index in [0.29, 0.717) is 34.7 Å². The molecule has 420 valence electrons. The molecule has 2 unspecified atom stereocenters. The third-order valence-corrected chi connectivity index (χ3v) is 16.1. The van der Waals surface area contributed by atoms with E-state index in [1.165, 1.54) is 0 Å². The SMILES string of the molecule is CCCC(CNC(=O)c1cccc(B2OC(C)(C)C(C)(C)O2)c1C)C(C)(C)C.CCCC(N(NC(=O)c1cccc(B2OC(C)(C)C(C)(C)O2)c1C)C(=O)c1cc(C)cc(C)c1)C(C)(C)C.Cc1cc(C)cc(C(=O)Cl)c1. The first-order chi connectivity index (χ1) is 35.4. The molecular weight excluding hydrogens is 984 g/mol. The molecule has 14 heteroatoms. The lowest BCUT2D eigenvalue weighted by molar-refractivity contribution is 0.00578. The molecule has 2 N–H and O–H groups in total. The Hall–Kier alpha value is -4.78. The van der Waals surface area contributed by atoms with Crippen LogP contribution < -0.4 is 21.7 Å². The van der Waals surface area contributed by atoms with Crippen molar-refractivity contribution in [1.29, 1.82) is 0 Å². The van der Waals surface area contributed by atoms with Gasteiger partial charge in [-0.1, -0.05) is 127 Å². The summed E-state index contributed by atoms with van der Waals surface area (Å²) in [6.45, 7) is 45.9.